The molecule has 142 valence electrons. The van der Waals surface area contributed by atoms with Crippen LogP contribution in [0.2, 0.25) is 0 Å². The highest BCUT2D eigenvalue weighted by Gasteiger charge is 2.13. The largest absolute Gasteiger partial charge is 0.378 e. The molecule has 1 atom stereocenters. The van der Waals surface area contributed by atoms with Gasteiger partial charge in [-0.15, -0.1) is 11.3 Å². The van der Waals surface area contributed by atoms with Crippen LogP contribution in [0.3, 0.4) is 0 Å². The lowest BCUT2D eigenvalue weighted by Crippen LogP contribution is -3.07. The zero-order chi connectivity index (χ0) is 18.6. The number of H-pyrrole nitrogens is 1. The minimum Gasteiger partial charge on any atom is -0.378 e. The van der Waals surface area contributed by atoms with Gasteiger partial charge >= 0.3 is 0 Å². The van der Waals surface area contributed by atoms with E-state index in [9.17, 15) is 0 Å². The third-order valence-corrected chi connectivity index (χ3v) is 5.87. The third kappa shape index (κ3) is 4.47. The first kappa shape index (κ1) is 18.4. The number of ether oxygens (including phenoxy) is 1. The Hall–Kier alpha value is -2.00. The van der Waals surface area contributed by atoms with E-state index in [0.29, 0.717) is 4.77 Å². The standard InChI is InChI=1S/C19H23N5OS2/c1-22(14-24-19(26)20-18(21-24)17-3-2-12-27-17)13-15-4-6-16(7-5-15)23-8-10-25-11-9-23/h2-7,12H,8-11,13-14H2,1H3,(H,20,21,26)/p+1. The molecule has 0 saturated carbocycles. The molecule has 1 aliphatic rings. The number of anilines is 1. The number of aromatic nitrogens is 3. The maximum Gasteiger partial charge on any atom is 0.221 e. The molecular weight excluding hydrogens is 378 g/mol. The van der Waals surface area contributed by atoms with E-state index in [1.54, 1.807) is 11.3 Å². The van der Waals surface area contributed by atoms with E-state index in [1.807, 2.05) is 16.1 Å². The molecule has 0 spiro atoms. The van der Waals surface area contributed by atoms with E-state index in [-0.39, 0.29) is 0 Å². The molecule has 1 fully saturated rings. The predicted octanol–water partition coefficient (Wildman–Crippen LogP) is 2.18. The molecule has 6 nitrogen and oxygen atoms in total. The predicted molar refractivity (Wildman–Crippen MR) is 111 cm³/mol. The van der Waals surface area contributed by atoms with Gasteiger partial charge in [0.15, 0.2) is 12.5 Å². The highest BCUT2D eigenvalue weighted by atomic mass is 32.1. The second kappa shape index (κ2) is 8.35. The summed E-state index contributed by atoms with van der Waals surface area (Å²) < 4.78 is 7.97. The van der Waals surface area contributed by atoms with Gasteiger partial charge < -0.3 is 14.5 Å². The van der Waals surface area contributed by atoms with Crippen molar-refractivity contribution in [3.8, 4) is 10.7 Å². The van der Waals surface area contributed by atoms with E-state index >= 15 is 0 Å². The lowest BCUT2D eigenvalue weighted by atomic mass is 10.2. The van der Waals surface area contributed by atoms with Gasteiger partial charge in [-0.2, -0.15) is 4.98 Å². The average molecular weight is 403 g/mol. The fraction of sp³-hybridized carbons (Fsp3) is 0.368. The van der Waals surface area contributed by atoms with Crippen molar-refractivity contribution in [1.82, 2.24) is 14.8 Å². The molecule has 1 aliphatic heterocycles. The van der Waals surface area contributed by atoms with E-state index in [2.05, 4.69) is 52.4 Å². The maximum atomic E-state index is 5.43. The Bertz CT molecular complexity index is 910. The molecule has 1 unspecified atom stereocenters. The number of quaternary nitrogens is 1. The van der Waals surface area contributed by atoms with E-state index in [0.717, 1.165) is 50.2 Å². The second-order valence-electron chi connectivity index (χ2n) is 6.82. The van der Waals surface area contributed by atoms with Gasteiger partial charge in [-0.1, -0.05) is 18.2 Å². The highest BCUT2D eigenvalue weighted by molar-refractivity contribution is 7.71. The van der Waals surface area contributed by atoms with Crippen molar-refractivity contribution >= 4 is 29.2 Å². The van der Waals surface area contributed by atoms with Crippen LogP contribution in [0.25, 0.3) is 10.7 Å². The fourth-order valence-corrected chi connectivity index (χ4v) is 4.17. The Labute approximate surface area is 168 Å². The number of nitrogens with zero attached hydrogens (tertiary/aromatic N) is 3. The van der Waals surface area contributed by atoms with E-state index in [4.69, 9.17) is 17.0 Å². The van der Waals surface area contributed by atoms with Gasteiger partial charge in [0.25, 0.3) is 0 Å². The van der Waals surface area contributed by atoms with Crippen molar-refractivity contribution in [1.29, 1.82) is 0 Å². The second-order valence-corrected chi connectivity index (χ2v) is 8.13. The lowest BCUT2D eigenvalue weighted by Gasteiger charge is -2.29. The Morgan fingerprint density at radius 3 is 2.70 bits per heavy atom. The number of aromatic amines is 1. The van der Waals surface area contributed by atoms with Crippen molar-refractivity contribution < 1.29 is 9.64 Å². The number of nitrogens with one attached hydrogen (secondary N) is 2. The minimum absolute atomic E-state index is 0.598. The van der Waals surface area contributed by atoms with Gasteiger partial charge in [0.05, 0.1) is 25.1 Å². The molecular formula is C19H24N5OS2+. The smallest absolute Gasteiger partial charge is 0.221 e. The Morgan fingerprint density at radius 1 is 1.22 bits per heavy atom. The summed E-state index contributed by atoms with van der Waals surface area (Å²) in [6, 6.07) is 12.9. The zero-order valence-electron chi connectivity index (χ0n) is 15.4. The molecule has 2 aromatic heterocycles. The van der Waals surface area contributed by atoms with Crippen LogP contribution in [0.15, 0.2) is 41.8 Å². The van der Waals surface area contributed by atoms with Gasteiger partial charge in [0, 0.05) is 24.3 Å². The van der Waals surface area contributed by atoms with Crippen LogP contribution in [-0.2, 0) is 18.0 Å². The number of morpholine rings is 1. The van der Waals surface area contributed by atoms with Crippen LogP contribution >= 0.6 is 23.6 Å². The average Bonchev–Trinajstić information content (AvgIpc) is 3.33. The summed E-state index contributed by atoms with van der Waals surface area (Å²) in [6.07, 6.45) is 0. The molecule has 3 aromatic rings. The van der Waals surface area contributed by atoms with Crippen molar-refractivity contribution in [2.75, 3.05) is 38.3 Å². The minimum atomic E-state index is 0.598. The summed E-state index contributed by atoms with van der Waals surface area (Å²) in [5, 5.41) is 5.37. The lowest BCUT2D eigenvalue weighted by molar-refractivity contribution is -0.917. The van der Waals surface area contributed by atoms with Crippen molar-refractivity contribution in [3.05, 3.63) is 52.1 Å². The molecule has 0 radical (unpaired) electrons. The van der Waals surface area contributed by atoms with Crippen LogP contribution in [-0.4, -0.2) is 48.1 Å². The van der Waals surface area contributed by atoms with E-state index in [1.165, 1.54) is 16.2 Å². The van der Waals surface area contributed by atoms with E-state index < -0.39 is 0 Å². The molecule has 0 amide bonds. The fourth-order valence-electron chi connectivity index (χ4n) is 3.31. The van der Waals surface area contributed by atoms with Crippen LogP contribution in [0.4, 0.5) is 5.69 Å². The van der Waals surface area contributed by atoms with Crippen LogP contribution in [0.1, 0.15) is 5.56 Å². The van der Waals surface area contributed by atoms with Gasteiger partial charge in [-0.05, 0) is 35.8 Å². The number of hydrogen-bond donors (Lipinski definition) is 2. The van der Waals surface area contributed by atoms with Crippen molar-refractivity contribution in [2.24, 2.45) is 0 Å². The summed E-state index contributed by atoms with van der Waals surface area (Å²) >= 11 is 7.08. The van der Waals surface area contributed by atoms with Crippen LogP contribution in [0, 0.1) is 4.77 Å². The molecule has 0 aliphatic carbocycles. The first-order valence-corrected chi connectivity index (χ1v) is 10.4. The van der Waals surface area contributed by atoms with Crippen LogP contribution in [0.5, 0.6) is 0 Å². The Morgan fingerprint density at radius 2 is 2.00 bits per heavy atom. The molecule has 4 rings (SSSR count). The zero-order valence-corrected chi connectivity index (χ0v) is 17.0. The molecule has 1 saturated heterocycles. The quantitative estimate of drug-likeness (QED) is 0.621. The van der Waals surface area contributed by atoms with Gasteiger partial charge in [-0.3, -0.25) is 5.10 Å². The summed E-state index contributed by atoms with van der Waals surface area (Å²) in [5.74, 6) is 0.845. The van der Waals surface area contributed by atoms with Gasteiger partial charge in [0.1, 0.15) is 6.54 Å². The monoisotopic (exact) mass is 402 g/mol. The molecule has 27 heavy (non-hydrogen) atoms. The van der Waals surface area contributed by atoms with Crippen molar-refractivity contribution in [3.63, 3.8) is 0 Å². The summed E-state index contributed by atoms with van der Waals surface area (Å²) in [5.41, 5.74) is 2.59. The first-order valence-electron chi connectivity index (χ1n) is 9.13. The summed E-state index contributed by atoms with van der Waals surface area (Å²) in [7, 11) is 2.17. The molecule has 3 heterocycles. The molecule has 0 bridgehead atoms. The topological polar surface area (TPSA) is 50.5 Å². The number of rotatable bonds is 6. The Balaban J connectivity index is 1.38. The number of hydrogen-bond acceptors (Lipinski definition) is 5. The summed E-state index contributed by atoms with van der Waals surface area (Å²) in [4.78, 5) is 9.30. The SMILES string of the molecule is C[NH+](Cc1ccc(N2CCOCC2)cc1)Cn1[nH]c(-c2cccs2)nc1=S. The first-order chi connectivity index (χ1) is 13.2. The number of thiophene rings is 1. The summed E-state index contributed by atoms with van der Waals surface area (Å²) in [6.45, 7) is 5.24. The number of benzene rings is 1. The third-order valence-electron chi connectivity index (χ3n) is 4.68. The maximum absolute atomic E-state index is 5.43. The van der Waals surface area contributed by atoms with Crippen molar-refractivity contribution in [2.45, 2.75) is 13.2 Å². The highest BCUT2D eigenvalue weighted by Crippen LogP contribution is 2.20. The normalized spacial score (nSPS) is 15.8. The molecule has 8 heteroatoms. The molecule has 2 N–H and O–H groups in total. The Kier molecular flexibility index (Phi) is 5.68. The molecule has 1 aromatic carbocycles. The van der Waals surface area contributed by atoms with Crippen LogP contribution < -0.4 is 9.80 Å². The van der Waals surface area contributed by atoms with Gasteiger partial charge in [0.2, 0.25) is 4.77 Å². The van der Waals surface area contributed by atoms with Gasteiger partial charge in [-0.25, -0.2) is 4.68 Å².